The molecule has 2 aromatic carbocycles. The van der Waals surface area contributed by atoms with E-state index in [1.165, 1.54) is 13.0 Å². The Kier molecular flexibility index (Phi) is 5.18. The maximum Gasteiger partial charge on any atom is 0.244 e. The fourth-order valence-corrected chi connectivity index (χ4v) is 3.00. The van der Waals surface area contributed by atoms with Crippen LogP contribution in [0.3, 0.4) is 0 Å². The summed E-state index contributed by atoms with van der Waals surface area (Å²) in [5.74, 6) is -0.423. The topological polar surface area (TPSA) is 80.2 Å². The quantitative estimate of drug-likeness (QED) is 0.687. The van der Waals surface area contributed by atoms with Gasteiger partial charge in [0.15, 0.2) is 5.43 Å². The van der Waals surface area contributed by atoms with Crippen LogP contribution in [0.15, 0.2) is 64.0 Å². The van der Waals surface area contributed by atoms with Crippen LogP contribution in [0.4, 0.5) is 11.4 Å². The molecule has 0 aliphatic heterocycles. The van der Waals surface area contributed by atoms with Crippen molar-refractivity contribution in [1.29, 1.82) is 0 Å². The molecule has 0 unspecified atom stereocenters. The molecule has 132 valence electrons. The van der Waals surface area contributed by atoms with Crippen molar-refractivity contribution in [2.75, 3.05) is 10.6 Å². The van der Waals surface area contributed by atoms with Crippen molar-refractivity contribution in [2.45, 2.75) is 13.5 Å². The van der Waals surface area contributed by atoms with Gasteiger partial charge in [0.25, 0.3) is 0 Å². The van der Waals surface area contributed by atoms with E-state index in [9.17, 15) is 14.4 Å². The molecule has 1 aromatic heterocycles. The molecule has 0 spiro atoms. The van der Waals surface area contributed by atoms with Crippen molar-refractivity contribution in [3.05, 3.63) is 69.4 Å². The van der Waals surface area contributed by atoms with E-state index in [4.69, 9.17) is 0 Å². The molecule has 6 nitrogen and oxygen atoms in total. The third-order valence-electron chi connectivity index (χ3n) is 3.72. The van der Waals surface area contributed by atoms with E-state index < -0.39 is 0 Å². The van der Waals surface area contributed by atoms with Gasteiger partial charge in [-0.2, -0.15) is 0 Å². The Bertz CT molecular complexity index is 1060. The van der Waals surface area contributed by atoms with E-state index in [0.717, 1.165) is 4.47 Å². The normalized spacial score (nSPS) is 10.5. The number of pyridine rings is 1. The molecule has 0 aliphatic carbocycles. The Hall–Kier alpha value is -2.93. The Labute approximate surface area is 158 Å². The molecule has 7 heteroatoms. The summed E-state index contributed by atoms with van der Waals surface area (Å²) in [6.07, 6.45) is 1.60. The molecule has 1 heterocycles. The Balaban J connectivity index is 1.82. The van der Waals surface area contributed by atoms with E-state index in [2.05, 4.69) is 26.6 Å². The second kappa shape index (κ2) is 7.53. The van der Waals surface area contributed by atoms with Gasteiger partial charge in [0, 0.05) is 40.4 Å². The minimum absolute atomic E-state index is 0.0532. The van der Waals surface area contributed by atoms with Crippen molar-refractivity contribution in [1.82, 2.24) is 4.57 Å². The molecule has 3 aromatic rings. The lowest BCUT2D eigenvalue weighted by Crippen LogP contribution is -2.20. The number of hydrogen-bond acceptors (Lipinski definition) is 3. The number of halogens is 1. The van der Waals surface area contributed by atoms with Gasteiger partial charge in [-0.3, -0.25) is 14.4 Å². The fraction of sp³-hybridized carbons (Fsp3) is 0.105. The first-order valence-corrected chi connectivity index (χ1v) is 8.68. The van der Waals surface area contributed by atoms with Gasteiger partial charge in [0.2, 0.25) is 11.8 Å². The molecular weight excluding hydrogens is 398 g/mol. The summed E-state index contributed by atoms with van der Waals surface area (Å²) >= 11 is 3.39. The summed E-state index contributed by atoms with van der Waals surface area (Å²) < 4.78 is 2.54. The van der Waals surface area contributed by atoms with Gasteiger partial charge in [0.1, 0.15) is 6.54 Å². The van der Waals surface area contributed by atoms with Gasteiger partial charge in [0.05, 0.1) is 5.52 Å². The van der Waals surface area contributed by atoms with Crippen LogP contribution < -0.4 is 16.1 Å². The molecular formula is C19H16BrN3O3. The highest BCUT2D eigenvalue weighted by Crippen LogP contribution is 2.18. The van der Waals surface area contributed by atoms with Gasteiger partial charge in [-0.1, -0.05) is 22.0 Å². The van der Waals surface area contributed by atoms with Gasteiger partial charge in [-0.25, -0.2) is 0 Å². The number of aromatic nitrogens is 1. The molecule has 0 saturated carbocycles. The average Bonchev–Trinajstić information content (AvgIpc) is 2.57. The Morgan fingerprint density at radius 2 is 1.77 bits per heavy atom. The summed E-state index contributed by atoms with van der Waals surface area (Å²) in [5, 5.41) is 6.02. The third-order valence-corrected chi connectivity index (χ3v) is 4.21. The van der Waals surface area contributed by atoms with Gasteiger partial charge in [-0.15, -0.1) is 0 Å². The number of nitrogens with one attached hydrogen (secondary N) is 2. The minimum atomic E-state index is -0.241. The Morgan fingerprint density at radius 3 is 2.50 bits per heavy atom. The lowest BCUT2D eigenvalue weighted by molar-refractivity contribution is -0.116. The van der Waals surface area contributed by atoms with Crippen LogP contribution in [0.25, 0.3) is 10.9 Å². The van der Waals surface area contributed by atoms with E-state index in [1.807, 2.05) is 0 Å². The van der Waals surface area contributed by atoms with Crippen molar-refractivity contribution in [3.63, 3.8) is 0 Å². The molecule has 2 N–H and O–H groups in total. The lowest BCUT2D eigenvalue weighted by atomic mass is 10.2. The predicted molar refractivity (Wildman–Crippen MR) is 105 cm³/mol. The van der Waals surface area contributed by atoms with Crippen LogP contribution >= 0.6 is 15.9 Å². The number of benzene rings is 2. The zero-order valence-corrected chi connectivity index (χ0v) is 15.5. The van der Waals surface area contributed by atoms with Crippen molar-refractivity contribution in [2.24, 2.45) is 0 Å². The van der Waals surface area contributed by atoms with Crippen LogP contribution in [0.5, 0.6) is 0 Å². The van der Waals surface area contributed by atoms with Crippen LogP contribution in [-0.4, -0.2) is 16.4 Å². The van der Waals surface area contributed by atoms with E-state index in [1.54, 1.807) is 53.2 Å². The number of fused-ring (bicyclic) bond motifs is 1. The molecule has 0 fully saturated rings. The van der Waals surface area contributed by atoms with Crippen LogP contribution in [0.1, 0.15) is 6.92 Å². The Morgan fingerprint density at radius 1 is 1.04 bits per heavy atom. The SMILES string of the molecule is CC(=O)Nc1cccc(NC(=O)Cn2ccc(=O)c3ccc(Br)cc32)c1. The number of hydrogen-bond donors (Lipinski definition) is 2. The number of nitrogens with zero attached hydrogens (tertiary/aromatic N) is 1. The monoisotopic (exact) mass is 413 g/mol. The molecule has 0 aliphatic rings. The molecule has 0 saturated heterocycles. The summed E-state index contributed by atoms with van der Waals surface area (Å²) in [6, 6.07) is 13.7. The van der Waals surface area contributed by atoms with Crippen LogP contribution in [0.2, 0.25) is 0 Å². The summed E-state index contributed by atoms with van der Waals surface area (Å²) in [7, 11) is 0. The second-order valence-corrected chi connectivity index (χ2v) is 6.70. The molecule has 0 bridgehead atoms. The number of rotatable bonds is 4. The maximum atomic E-state index is 12.4. The first-order chi connectivity index (χ1) is 12.4. The first kappa shape index (κ1) is 17.9. The maximum absolute atomic E-state index is 12.4. The summed E-state index contributed by atoms with van der Waals surface area (Å²) in [5.41, 5.74) is 1.77. The van der Waals surface area contributed by atoms with E-state index in [0.29, 0.717) is 22.3 Å². The van der Waals surface area contributed by atoms with Gasteiger partial charge >= 0.3 is 0 Å². The highest BCUT2D eigenvalue weighted by atomic mass is 79.9. The van der Waals surface area contributed by atoms with Crippen molar-refractivity contribution < 1.29 is 9.59 Å². The van der Waals surface area contributed by atoms with E-state index in [-0.39, 0.29) is 23.8 Å². The molecule has 2 amide bonds. The largest absolute Gasteiger partial charge is 0.338 e. The van der Waals surface area contributed by atoms with Crippen LogP contribution in [0, 0.1) is 0 Å². The fourth-order valence-electron chi connectivity index (χ4n) is 2.65. The minimum Gasteiger partial charge on any atom is -0.338 e. The standard InChI is InChI=1S/C19H16BrN3O3/c1-12(24)21-14-3-2-4-15(10-14)22-19(26)11-23-8-7-18(25)16-6-5-13(20)9-17(16)23/h2-10H,11H2,1H3,(H,21,24)(H,22,26). The van der Waals surface area contributed by atoms with Crippen LogP contribution in [-0.2, 0) is 16.1 Å². The number of carbonyl (C=O) groups is 2. The highest BCUT2D eigenvalue weighted by molar-refractivity contribution is 9.10. The summed E-state index contributed by atoms with van der Waals surface area (Å²) in [4.78, 5) is 35.5. The zero-order valence-electron chi connectivity index (χ0n) is 14.0. The highest BCUT2D eigenvalue weighted by Gasteiger charge is 2.08. The number of carbonyl (C=O) groups excluding carboxylic acids is 2. The zero-order chi connectivity index (χ0) is 18.7. The molecule has 0 atom stereocenters. The predicted octanol–water partition coefficient (Wildman–Crippen LogP) is 3.36. The average molecular weight is 414 g/mol. The molecule has 26 heavy (non-hydrogen) atoms. The van der Waals surface area contributed by atoms with Crippen molar-refractivity contribution >= 4 is 50.0 Å². The molecule has 0 radical (unpaired) electrons. The first-order valence-electron chi connectivity index (χ1n) is 7.88. The lowest BCUT2D eigenvalue weighted by Gasteiger charge is -2.12. The van der Waals surface area contributed by atoms with E-state index >= 15 is 0 Å². The number of amides is 2. The van der Waals surface area contributed by atoms with Gasteiger partial charge in [-0.05, 0) is 36.4 Å². The number of anilines is 2. The summed E-state index contributed by atoms with van der Waals surface area (Å²) in [6.45, 7) is 1.47. The second-order valence-electron chi connectivity index (χ2n) is 5.78. The smallest absolute Gasteiger partial charge is 0.244 e. The third kappa shape index (κ3) is 4.18. The van der Waals surface area contributed by atoms with Gasteiger partial charge < -0.3 is 15.2 Å². The molecule has 3 rings (SSSR count). The van der Waals surface area contributed by atoms with Crippen molar-refractivity contribution in [3.8, 4) is 0 Å².